The van der Waals surface area contributed by atoms with Crippen LogP contribution in [0.15, 0.2) is 0 Å². The zero-order chi connectivity index (χ0) is 6.62. The molecule has 0 aromatic carbocycles. The molecule has 58 valence electrons. The van der Waals surface area contributed by atoms with Gasteiger partial charge in [-0.3, -0.25) is 0 Å². The van der Waals surface area contributed by atoms with Gasteiger partial charge in [-0.25, -0.2) is 0 Å². The van der Waals surface area contributed by atoms with Gasteiger partial charge < -0.3 is 9.19 Å². The Balaban J connectivity index is 0. The molecule has 0 rings (SSSR count). The molecular formula is C5H13F2NO. The van der Waals surface area contributed by atoms with E-state index in [9.17, 15) is 4.53 Å². The van der Waals surface area contributed by atoms with Crippen molar-refractivity contribution in [2.45, 2.75) is 0 Å². The van der Waals surface area contributed by atoms with E-state index in [2.05, 4.69) is 4.94 Å². The van der Waals surface area contributed by atoms with E-state index in [1.54, 1.807) is 0 Å². The van der Waals surface area contributed by atoms with Crippen molar-refractivity contribution in [3.8, 4) is 0 Å². The molecule has 0 unspecified atom stereocenters. The van der Waals surface area contributed by atoms with Gasteiger partial charge in [0.25, 0.3) is 0 Å². The fourth-order valence-electron chi connectivity index (χ4n) is 0.308. The van der Waals surface area contributed by atoms with E-state index in [1.165, 1.54) is 0 Å². The van der Waals surface area contributed by atoms with E-state index in [1.807, 2.05) is 21.1 Å². The average Bonchev–Trinajstić information content (AvgIpc) is 1.59. The molecule has 0 N–H and O–H groups in total. The van der Waals surface area contributed by atoms with Crippen LogP contribution < -0.4 is 4.70 Å². The number of quaternary nitrogens is 1. The van der Waals surface area contributed by atoms with Gasteiger partial charge >= 0.3 is 0 Å². The Morgan fingerprint density at radius 1 is 1.33 bits per heavy atom. The lowest BCUT2D eigenvalue weighted by atomic mass is 10.5. The summed E-state index contributed by atoms with van der Waals surface area (Å²) in [7, 11) is 5.96. The van der Waals surface area contributed by atoms with Gasteiger partial charge in [0, 0.05) is 0 Å². The lowest BCUT2D eigenvalue weighted by molar-refractivity contribution is -0.871. The number of nitrogens with zero attached hydrogens (tertiary/aromatic N) is 1. The first-order chi connectivity index (χ1) is 3.56. The summed E-state index contributed by atoms with van der Waals surface area (Å²) in [6.45, 7) is 0.889. The highest BCUT2D eigenvalue weighted by Gasteiger charge is 2.04. The Kier molecular flexibility index (Phi) is 5.96. The second-order valence-corrected chi connectivity index (χ2v) is 2.83. The fraction of sp³-hybridized carbons (Fsp3) is 1.00. The van der Waals surface area contributed by atoms with Crippen molar-refractivity contribution < 1.29 is 18.7 Å². The smallest absolute Gasteiger partial charge is 0.136 e. The van der Waals surface area contributed by atoms with Gasteiger partial charge in [-0.15, -0.1) is 0 Å². The summed E-state index contributed by atoms with van der Waals surface area (Å²) in [6, 6.07) is 0. The molecule has 0 bridgehead atoms. The molecule has 0 aliphatic heterocycles. The maximum absolute atomic E-state index is 11.0. The van der Waals surface area contributed by atoms with Crippen molar-refractivity contribution in [1.29, 1.82) is 0 Å². The van der Waals surface area contributed by atoms with E-state index in [4.69, 9.17) is 0 Å². The molecule has 0 heterocycles. The molecule has 0 aromatic heterocycles. The minimum absolute atomic E-state index is 0. The quantitative estimate of drug-likeness (QED) is 0.398. The Bertz CT molecular complexity index is 62.5. The molecule has 0 amide bonds. The van der Waals surface area contributed by atoms with Gasteiger partial charge in [0.15, 0.2) is 0 Å². The van der Waals surface area contributed by atoms with Crippen molar-refractivity contribution in [2.75, 3.05) is 34.3 Å². The minimum Gasteiger partial charge on any atom is -1.00 e. The summed E-state index contributed by atoms with van der Waals surface area (Å²) in [6.07, 6.45) is 0. The van der Waals surface area contributed by atoms with Crippen LogP contribution in [0.1, 0.15) is 0 Å². The largest absolute Gasteiger partial charge is 1.00 e. The van der Waals surface area contributed by atoms with Crippen molar-refractivity contribution in [3.05, 3.63) is 0 Å². The van der Waals surface area contributed by atoms with Crippen molar-refractivity contribution in [1.82, 2.24) is 0 Å². The molecule has 0 atom stereocenters. The predicted molar refractivity (Wildman–Crippen MR) is 30.0 cm³/mol. The van der Waals surface area contributed by atoms with Crippen LogP contribution in [-0.4, -0.2) is 38.8 Å². The zero-order valence-corrected chi connectivity index (χ0v) is 6.03. The third-order valence-corrected chi connectivity index (χ3v) is 0.839. The van der Waals surface area contributed by atoms with E-state index in [0.717, 1.165) is 4.48 Å². The van der Waals surface area contributed by atoms with Crippen LogP contribution in [0.5, 0.6) is 0 Å². The number of hydrogen-bond acceptors (Lipinski definition) is 1. The maximum Gasteiger partial charge on any atom is 0.136 e. The van der Waals surface area contributed by atoms with Gasteiger partial charge in [0.2, 0.25) is 0 Å². The molecule has 0 spiro atoms. The van der Waals surface area contributed by atoms with Gasteiger partial charge in [-0.2, -0.15) is 4.94 Å². The van der Waals surface area contributed by atoms with Gasteiger partial charge in [-0.05, 0) is 4.53 Å². The third-order valence-electron chi connectivity index (χ3n) is 0.839. The van der Waals surface area contributed by atoms with Crippen molar-refractivity contribution >= 4 is 0 Å². The van der Waals surface area contributed by atoms with Crippen LogP contribution >= 0.6 is 0 Å². The Labute approximate surface area is 54.1 Å². The Morgan fingerprint density at radius 3 is 1.89 bits per heavy atom. The zero-order valence-electron chi connectivity index (χ0n) is 6.03. The number of likely N-dealkylation sites (N-methyl/N-ethyl adjacent to an activating group) is 1. The van der Waals surface area contributed by atoms with Crippen molar-refractivity contribution in [2.24, 2.45) is 0 Å². The predicted octanol–water partition coefficient (Wildman–Crippen LogP) is -2.40. The van der Waals surface area contributed by atoms with Crippen LogP contribution in [0.3, 0.4) is 0 Å². The molecule has 2 nitrogen and oxygen atoms in total. The number of halogens is 2. The maximum atomic E-state index is 11.0. The van der Waals surface area contributed by atoms with Crippen LogP contribution in [0.25, 0.3) is 0 Å². The van der Waals surface area contributed by atoms with E-state index < -0.39 is 0 Å². The number of rotatable bonds is 3. The molecule has 0 radical (unpaired) electrons. The summed E-state index contributed by atoms with van der Waals surface area (Å²) in [5.74, 6) is 0. The van der Waals surface area contributed by atoms with Crippen LogP contribution in [0.2, 0.25) is 0 Å². The highest BCUT2D eigenvalue weighted by atomic mass is 19.3. The highest BCUT2D eigenvalue weighted by molar-refractivity contribution is 4.21. The lowest BCUT2D eigenvalue weighted by Crippen LogP contribution is -3.00. The first kappa shape index (κ1) is 11.6. The standard InChI is InChI=1S/C5H13FNO.FH/c1-7(2,3)4-5-8-6;/h4-5H2,1-3H3;1H/q+1;/p-1. The Morgan fingerprint density at radius 2 is 1.78 bits per heavy atom. The fourth-order valence-corrected chi connectivity index (χ4v) is 0.308. The number of hydrogen-bond donors (Lipinski definition) is 0. The summed E-state index contributed by atoms with van der Waals surface area (Å²) in [5.41, 5.74) is 0. The summed E-state index contributed by atoms with van der Waals surface area (Å²) < 4.78 is 11.8. The molecule has 0 saturated carbocycles. The molecule has 0 aliphatic carbocycles. The molecular weight excluding hydrogens is 128 g/mol. The average molecular weight is 141 g/mol. The van der Waals surface area contributed by atoms with Crippen LogP contribution in [0, 0.1) is 0 Å². The third kappa shape index (κ3) is 11.4. The molecule has 4 heteroatoms. The van der Waals surface area contributed by atoms with Crippen molar-refractivity contribution in [3.63, 3.8) is 0 Å². The molecule has 0 fully saturated rings. The first-order valence-corrected chi connectivity index (χ1v) is 2.60. The lowest BCUT2D eigenvalue weighted by Gasteiger charge is -2.22. The van der Waals surface area contributed by atoms with E-state index >= 15 is 0 Å². The SMILES string of the molecule is C[N+](C)(C)CCOF.[F-]. The molecule has 9 heavy (non-hydrogen) atoms. The Hall–Kier alpha value is -0.220. The van der Waals surface area contributed by atoms with E-state index in [-0.39, 0.29) is 11.3 Å². The van der Waals surface area contributed by atoms with Gasteiger partial charge in [0.05, 0.1) is 21.1 Å². The van der Waals surface area contributed by atoms with Crippen LogP contribution in [-0.2, 0) is 4.94 Å². The molecule has 0 aromatic rings. The summed E-state index contributed by atoms with van der Waals surface area (Å²) in [4.78, 5) is 3.40. The van der Waals surface area contributed by atoms with Gasteiger partial charge in [-0.1, -0.05) is 0 Å². The second kappa shape index (κ2) is 4.64. The van der Waals surface area contributed by atoms with Crippen LogP contribution in [0.4, 0.5) is 4.53 Å². The topological polar surface area (TPSA) is 9.23 Å². The normalized spacial score (nSPS) is 10.7. The van der Waals surface area contributed by atoms with E-state index in [0.29, 0.717) is 6.54 Å². The monoisotopic (exact) mass is 141 g/mol. The summed E-state index contributed by atoms with van der Waals surface area (Å²) >= 11 is 0. The minimum atomic E-state index is 0. The highest BCUT2D eigenvalue weighted by Crippen LogP contribution is 1.88. The first-order valence-electron chi connectivity index (χ1n) is 2.60. The summed E-state index contributed by atoms with van der Waals surface area (Å²) in [5, 5.41) is 0. The van der Waals surface area contributed by atoms with Gasteiger partial charge in [0.1, 0.15) is 13.2 Å². The molecule has 0 aliphatic rings. The second-order valence-electron chi connectivity index (χ2n) is 2.83. The molecule has 0 saturated heterocycles.